The first kappa shape index (κ1) is 14.8. The Morgan fingerprint density at radius 3 is 2.75 bits per heavy atom. The van der Waals surface area contributed by atoms with Crippen molar-refractivity contribution in [2.45, 2.75) is 25.3 Å². The van der Waals surface area contributed by atoms with Gasteiger partial charge in [-0.05, 0) is 44.4 Å². The molecule has 0 aromatic heterocycles. The molecule has 1 aliphatic carbocycles. The van der Waals surface area contributed by atoms with Gasteiger partial charge in [0, 0.05) is 0 Å². The number of nitrogens with one attached hydrogen (secondary N) is 1. The van der Waals surface area contributed by atoms with Gasteiger partial charge in [-0.2, -0.15) is 0 Å². The fourth-order valence-corrected chi connectivity index (χ4v) is 2.40. The average Bonchev–Trinajstić information content (AvgIpc) is 3.29. The van der Waals surface area contributed by atoms with Gasteiger partial charge in [0.15, 0.2) is 17.1 Å². The molecule has 1 aromatic carbocycles. The molecule has 4 nitrogen and oxygen atoms in total. The molecule has 1 atom stereocenters. The summed E-state index contributed by atoms with van der Waals surface area (Å²) in [5, 5.41) is 3.01. The number of likely N-dealkylation sites (N-methyl/N-ethyl adjacent to an activating group) is 1. The standard InChI is InChI=1S/C15H20FNO3/c1-10-5-4-6-12(13(10)16)20-9-15(17-2,11-7-8-11)14(18)19-3/h4-6,11,17H,7-9H2,1-3H3. The average molecular weight is 281 g/mol. The summed E-state index contributed by atoms with van der Waals surface area (Å²) in [4.78, 5) is 12.1. The predicted octanol–water partition coefficient (Wildman–Crippen LogP) is 2.05. The first-order valence-electron chi connectivity index (χ1n) is 6.70. The van der Waals surface area contributed by atoms with Crippen LogP contribution < -0.4 is 10.1 Å². The van der Waals surface area contributed by atoms with Gasteiger partial charge < -0.3 is 14.8 Å². The molecule has 0 bridgehead atoms. The van der Waals surface area contributed by atoms with Crippen molar-refractivity contribution in [1.29, 1.82) is 0 Å². The van der Waals surface area contributed by atoms with Gasteiger partial charge in [0.2, 0.25) is 0 Å². The monoisotopic (exact) mass is 281 g/mol. The zero-order valence-corrected chi connectivity index (χ0v) is 12.0. The fourth-order valence-electron chi connectivity index (χ4n) is 2.40. The van der Waals surface area contributed by atoms with Gasteiger partial charge >= 0.3 is 5.97 Å². The van der Waals surface area contributed by atoms with Crippen LogP contribution in [0.1, 0.15) is 18.4 Å². The lowest BCUT2D eigenvalue weighted by Gasteiger charge is -2.30. The van der Waals surface area contributed by atoms with Crippen LogP contribution in [0.15, 0.2) is 18.2 Å². The number of hydrogen-bond donors (Lipinski definition) is 1. The molecule has 1 N–H and O–H groups in total. The Kier molecular flexibility index (Phi) is 4.28. The number of carbonyl (C=O) groups excluding carboxylic acids is 1. The second-order valence-electron chi connectivity index (χ2n) is 5.16. The van der Waals surface area contributed by atoms with Crippen LogP contribution in [0.25, 0.3) is 0 Å². The van der Waals surface area contributed by atoms with Gasteiger partial charge in [-0.1, -0.05) is 12.1 Å². The molecule has 1 aromatic rings. The normalized spacial score (nSPS) is 17.4. The van der Waals surface area contributed by atoms with Crippen LogP contribution in [0.2, 0.25) is 0 Å². The highest BCUT2D eigenvalue weighted by molar-refractivity contribution is 5.82. The van der Waals surface area contributed by atoms with Crippen molar-refractivity contribution in [2.75, 3.05) is 20.8 Å². The Morgan fingerprint density at radius 2 is 2.20 bits per heavy atom. The first-order chi connectivity index (χ1) is 9.55. The minimum atomic E-state index is -0.898. The SMILES string of the molecule is CNC(COc1cccc(C)c1F)(C(=O)OC)C1CC1. The Balaban J connectivity index is 2.17. The largest absolute Gasteiger partial charge is 0.488 e. The molecule has 1 fully saturated rings. The smallest absolute Gasteiger partial charge is 0.329 e. The van der Waals surface area contributed by atoms with E-state index < -0.39 is 11.4 Å². The summed E-state index contributed by atoms with van der Waals surface area (Å²) in [6.45, 7) is 1.73. The zero-order valence-electron chi connectivity index (χ0n) is 12.0. The maximum absolute atomic E-state index is 13.9. The lowest BCUT2D eigenvalue weighted by atomic mass is 9.94. The van der Waals surface area contributed by atoms with Crippen LogP contribution in [-0.4, -0.2) is 32.3 Å². The van der Waals surface area contributed by atoms with Crippen molar-refractivity contribution in [1.82, 2.24) is 5.32 Å². The van der Waals surface area contributed by atoms with Crippen LogP contribution in [0.3, 0.4) is 0 Å². The van der Waals surface area contributed by atoms with E-state index in [9.17, 15) is 9.18 Å². The number of benzene rings is 1. The van der Waals surface area contributed by atoms with Crippen molar-refractivity contribution in [3.05, 3.63) is 29.6 Å². The maximum atomic E-state index is 13.9. The molecule has 0 amide bonds. The van der Waals surface area contributed by atoms with Crippen LogP contribution in [0.5, 0.6) is 5.75 Å². The Bertz CT molecular complexity index is 502. The lowest BCUT2D eigenvalue weighted by molar-refractivity contribution is -0.151. The van der Waals surface area contributed by atoms with E-state index in [4.69, 9.17) is 9.47 Å². The topological polar surface area (TPSA) is 47.6 Å². The highest BCUT2D eigenvalue weighted by Crippen LogP contribution is 2.40. The van der Waals surface area contributed by atoms with E-state index in [-0.39, 0.29) is 24.2 Å². The molecule has 0 spiro atoms. The third-order valence-corrected chi connectivity index (χ3v) is 3.88. The van der Waals surface area contributed by atoms with Gasteiger partial charge in [0.25, 0.3) is 0 Å². The number of ether oxygens (including phenoxy) is 2. The summed E-state index contributed by atoms with van der Waals surface area (Å²) < 4.78 is 24.4. The van der Waals surface area contributed by atoms with Crippen molar-refractivity contribution >= 4 is 5.97 Å². The molecular formula is C15H20FNO3. The highest BCUT2D eigenvalue weighted by Gasteiger charge is 2.52. The molecule has 2 rings (SSSR count). The van der Waals surface area contributed by atoms with Gasteiger partial charge in [-0.3, -0.25) is 0 Å². The van der Waals surface area contributed by atoms with E-state index in [2.05, 4.69) is 5.32 Å². The molecule has 110 valence electrons. The molecule has 1 saturated carbocycles. The minimum Gasteiger partial charge on any atom is -0.488 e. The molecule has 0 heterocycles. The van der Waals surface area contributed by atoms with Gasteiger partial charge in [-0.15, -0.1) is 0 Å². The van der Waals surface area contributed by atoms with Crippen molar-refractivity contribution < 1.29 is 18.7 Å². The summed E-state index contributed by atoms with van der Waals surface area (Å²) in [5.41, 5.74) is -0.382. The lowest BCUT2D eigenvalue weighted by Crippen LogP contribution is -2.57. The van der Waals surface area contributed by atoms with E-state index in [0.29, 0.717) is 5.56 Å². The quantitative estimate of drug-likeness (QED) is 0.811. The Morgan fingerprint density at radius 1 is 1.50 bits per heavy atom. The first-order valence-corrected chi connectivity index (χ1v) is 6.70. The number of hydrogen-bond acceptors (Lipinski definition) is 4. The minimum absolute atomic E-state index is 0.0568. The van der Waals surface area contributed by atoms with E-state index in [1.807, 2.05) is 0 Å². The molecule has 1 aliphatic rings. The molecule has 20 heavy (non-hydrogen) atoms. The third kappa shape index (κ3) is 2.63. The number of methoxy groups -OCH3 is 1. The van der Waals surface area contributed by atoms with Crippen LogP contribution in [0, 0.1) is 18.7 Å². The summed E-state index contributed by atoms with van der Waals surface area (Å²) in [7, 11) is 3.05. The molecule has 0 radical (unpaired) electrons. The summed E-state index contributed by atoms with van der Waals surface area (Å²) in [5.74, 6) is -0.421. The van der Waals surface area contributed by atoms with Gasteiger partial charge in [-0.25, -0.2) is 9.18 Å². The van der Waals surface area contributed by atoms with E-state index in [0.717, 1.165) is 12.8 Å². The Labute approximate surface area is 118 Å². The summed E-state index contributed by atoms with van der Waals surface area (Å²) in [6, 6.07) is 4.96. The number of aryl methyl sites for hydroxylation is 1. The number of carbonyl (C=O) groups is 1. The van der Waals surface area contributed by atoms with E-state index in [1.54, 1.807) is 32.2 Å². The second kappa shape index (κ2) is 5.79. The Hall–Kier alpha value is -1.62. The van der Waals surface area contributed by atoms with Crippen molar-refractivity contribution in [3.63, 3.8) is 0 Å². The number of esters is 1. The van der Waals surface area contributed by atoms with Gasteiger partial charge in [0.1, 0.15) is 6.61 Å². The predicted molar refractivity (Wildman–Crippen MR) is 73.2 cm³/mol. The van der Waals surface area contributed by atoms with Crippen molar-refractivity contribution in [3.8, 4) is 5.75 Å². The maximum Gasteiger partial charge on any atom is 0.329 e. The molecular weight excluding hydrogens is 261 g/mol. The van der Waals surface area contributed by atoms with Crippen LogP contribution >= 0.6 is 0 Å². The fraction of sp³-hybridized carbons (Fsp3) is 0.533. The number of rotatable bonds is 6. The van der Waals surface area contributed by atoms with Crippen molar-refractivity contribution in [2.24, 2.45) is 5.92 Å². The zero-order chi connectivity index (χ0) is 14.8. The molecule has 0 aliphatic heterocycles. The van der Waals surface area contributed by atoms with Crippen LogP contribution in [0.4, 0.5) is 4.39 Å². The molecule has 0 saturated heterocycles. The highest BCUT2D eigenvalue weighted by atomic mass is 19.1. The molecule has 1 unspecified atom stereocenters. The molecule has 5 heteroatoms. The van der Waals surface area contributed by atoms with E-state index >= 15 is 0 Å². The summed E-state index contributed by atoms with van der Waals surface area (Å²) >= 11 is 0. The van der Waals surface area contributed by atoms with E-state index in [1.165, 1.54) is 7.11 Å². The third-order valence-electron chi connectivity index (χ3n) is 3.88. The number of halogens is 1. The van der Waals surface area contributed by atoms with Crippen LogP contribution in [-0.2, 0) is 9.53 Å². The summed E-state index contributed by atoms with van der Waals surface area (Å²) in [6.07, 6.45) is 1.88. The van der Waals surface area contributed by atoms with Gasteiger partial charge in [0.05, 0.1) is 7.11 Å². The second-order valence-corrected chi connectivity index (χ2v) is 5.16.